The molecule has 0 radical (unpaired) electrons. The first-order valence-electron chi connectivity index (χ1n) is 8.43. The summed E-state index contributed by atoms with van der Waals surface area (Å²) in [7, 11) is 0. The predicted octanol–water partition coefficient (Wildman–Crippen LogP) is 1.84. The number of piperidine rings is 1. The van der Waals surface area contributed by atoms with Gasteiger partial charge in [-0.1, -0.05) is 25.5 Å². The van der Waals surface area contributed by atoms with Gasteiger partial charge < -0.3 is 14.7 Å². The fraction of sp³-hybridized carbons (Fsp3) is 0.667. The van der Waals surface area contributed by atoms with Crippen LogP contribution in [0.3, 0.4) is 0 Å². The summed E-state index contributed by atoms with van der Waals surface area (Å²) in [5.74, 6) is 0.857. The third-order valence-electron chi connectivity index (χ3n) is 4.48. The predicted molar refractivity (Wildman–Crippen MR) is 85.9 cm³/mol. The Kier molecular flexibility index (Phi) is 6.52. The molecule has 1 aromatic rings. The van der Waals surface area contributed by atoms with Crippen LogP contribution in [0.25, 0.3) is 0 Å². The van der Waals surface area contributed by atoms with Crippen LogP contribution in [-0.4, -0.2) is 36.9 Å². The number of aliphatic hydroxyl groups excluding tert-OH is 1. The molecule has 0 bridgehead atoms. The number of ether oxygens (including phenoxy) is 1. The molecule has 1 aromatic carbocycles. The van der Waals surface area contributed by atoms with Crippen molar-refractivity contribution in [2.75, 3.05) is 19.7 Å². The number of hydrogen-bond donors (Lipinski definition) is 2. The zero-order valence-electron chi connectivity index (χ0n) is 13.5. The number of nitrogens with one attached hydrogen (secondary N) is 1. The lowest BCUT2D eigenvalue weighted by molar-refractivity contribution is -0.931. The molecular formula is C18H30NO2+. The minimum absolute atomic E-state index is 0.379. The number of aryl methyl sites for hydroxylation is 1. The molecule has 1 unspecified atom stereocenters. The van der Waals surface area contributed by atoms with Crippen LogP contribution in [0.4, 0.5) is 0 Å². The molecule has 21 heavy (non-hydrogen) atoms. The lowest BCUT2D eigenvalue weighted by Gasteiger charge is -2.31. The van der Waals surface area contributed by atoms with E-state index in [9.17, 15) is 5.11 Å². The number of benzene rings is 1. The Labute approximate surface area is 128 Å². The molecule has 2 rings (SSSR count). The number of quaternary nitrogens is 1. The molecule has 0 aliphatic carbocycles. The Bertz CT molecular complexity index is 404. The van der Waals surface area contributed by atoms with Gasteiger partial charge in [-0.2, -0.15) is 0 Å². The fourth-order valence-electron chi connectivity index (χ4n) is 3.15. The second kappa shape index (κ2) is 8.40. The summed E-state index contributed by atoms with van der Waals surface area (Å²) < 4.78 is 5.71. The zero-order valence-corrected chi connectivity index (χ0v) is 13.5. The maximum atomic E-state index is 10.2. The van der Waals surface area contributed by atoms with Gasteiger partial charge in [0.05, 0.1) is 12.6 Å². The van der Waals surface area contributed by atoms with Gasteiger partial charge >= 0.3 is 0 Å². The van der Waals surface area contributed by atoms with Crippen LogP contribution in [0.5, 0.6) is 5.75 Å². The highest BCUT2D eigenvalue weighted by atomic mass is 16.5. The Morgan fingerprint density at radius 2 is 2.05 bits per heavy atom. The van der Waals surface area contributed by atoms with Gasteiger partial charge in [0.25, 0.3) is 0 Å². The Morgan fingerprint density at radius 3 is 2.71 bits per heavy atom. The monoisotopic (exact) mass is 292 g/mol. The summed E-state index contributed by atoms with van der Waals surface area (Å²) in [6, 6.07) is 8.91. The molecule has 2 N–H and O–H groups in total. The van der Waals surface area contributed by atoms with Gasteiger partial charge in [0.15, 0.2) is 0 Å². The van der Waals surface area contributed by atoms with Crippen LogP contribution < -0.4 is 9.64 Å². The lowest BCUT2D eigenvalue weighted by atomic mass is 10.0. The first kappa shape index (κ1) is 16.3. The van der Waals surface area contributed by atoms with E-state index in [1.165, 1.54) is 36.3 Å². The second-order valence-corrected chi connectivity index (χ2v) is 6.37. The van der Waals surface area contributed by atoms with Crippen LogP contribution in [0.1, 0.15) is 45.1 Å². The highest BCUT2D eigenvalue weighted by Crippen LogP contribution is 2.13. The summed E-state index contributed by atoms with van der Waals surface area (Å²) in [6.45, 7) is 6.85. The minimum Gasteiger partial charge on any atom is -0.491 e. The molecule has 0 aromatic heterocycles. The Balaban J connectivity index is 1.73. The molecule has 0 amide bonds. The highest BCUT2D eigenvalue weighted by Gasteiger charge is 2.24. The third-order valence-corrected chi connectivity index (χ3v) is 4.48. The van der Waals surface area contributed by atoms with Crippen LogP contribution in [0.2, 0.25) is 0 Å². The van der Waals surface area contributed by atoms with E-state index in [1.807, 2.05) is 12.1 Å². The summed E-state index contributed by atoms with van der Waals surface area (Å²) >= 11 is 0. The molecule has 3 heteroatoms. The second-order valence-electron chi connectivity index (χ2n) is 6.37. The largest absolute Gasteiger partial charge is 0.491 e. The summed E-state index contributed by atoms with van der Waals surface area (Å²) in [6.07, 6.45) is 5.79. The van der Waals surface area contributed by atoms with Crippen molar-refractivity contribution in [2.45, 2.75) is 58.1 Å². The maximum absolute atomic E-state index is 10.2. The zero-order chi connectivity index (χ0) is 15.1. The quantitative estimate of drug-likeness (QED) is 0.804. The molecule has 0 spiro atoms. The molecule has 118 valence electrons. The van der Waals surface area contributed by atoms with E-state index < -0.39 is 0 Å². The van der Waals surface area contributed by atoms with E-state index in [-0.39, 0.29) is 6.10 Å². The van der Waals surface area contributed by atoms with Gasteiger partial charge in [-0.05, 0) is 50.3 Å². The smallest absolute Gasteiger partial charge is 0.137 e. The van der Waals surface area contributed by atoms with Crippen molar-refractivity contribution in [1.29, 1.82) is 0 Å². The first-order chi connectivity index (χ1) is 10.2. The SMILES string of the molecule is CCCc1ccc(OC[C@@H](O)C[NH+]2CCCC[C@@H]2C)cc1. The summed E-state index contributed by atoms with van der Waals surface area (Å²) in [5.41, 5.74) is 1.34. The number of rotatable bonds is 7. The van der Waals surface area contributed by atoms with Gasteiger partial charge in [-0.3, -0.25) is 0 Å². The third kappa shape index (κ3) is 5.33. The van der Waals surface area contributed by atoms with E-state index in [1.54, 1.807) is 0 Å². The van der Waals surface area contributed by atoms with Gasteiger partial charge in [0, 0.05) is 0 Å². The lowest BCUT2D eigenvalue weighted by Crippen LogP contribution is -3.17. The van der Waals surface area contributed by atoms with Crippen molar-refractivity contribution in [3.63, 3.8) is 0 Å². The molecule has 0 saturated carbocycles. The first-order valence-corrected chi connectivity index (χ1v) is 8.43. The van der Waals surface area contributed by atoms with E-state index in [2.05, 4.69) is 26.0 Å². The number of hydrogen-bond acceptors (Lipinski definition) is 2. The van der Waals surface area contributed by atoms with E-state index in [4.69, 9.17) is 4.74 Å². The number of aliphatic hydroxyl groups is 1. The average molecular weight is 292 g/mol. The van der Waals surface area contributed by atoms with Gasteiger partial charge in [0.2, 0.25) is 0 Å². The average Bonchev–Trinajstić information content (AvgIpc) is 2.49. The molecule has 3 atom stereocenters. The molecular weight excluding hydrogens is 262 g/mol. The van der Waals surface area contributed by atoms with E-state index >= 15 is 0 Å². The van der Waals surface area contributed by atoms with Gasteiger partial charge in [0.1, 0.15) is 25.0 Å². The van der Waals surface area contributed by atoms with Crippen molar-refractivity contribution in [1.82, 2.24) is 0 Å². The Hall–Kier alpha value is -1.06. The maximum Gasteiger partial charge on any atom is 0.137 e. The standard InChI is InChI=1S/C18H29NO2/c1-3-6-16-8-10-18(11-9-16)21-14-17(20)13-19-12-5-4-7-15(19)2/h8-11,15,17,20H,3-7,12-14H2,1-2H3/p+1/t15-,17-/m0/s1. The number of likely N-dealkylation sites (tertiary alicyclic amines) is 1. The van der Waals surface area contributed by atoms with Gasteiger partial charge in [-0.25, -0.2) is 0 Å². The van der Waals surface area contributed by atoms with Crippen molar-refractivity contribution in [2.24, 2.45) is 0 Å². The molecule has 1 heterocycles. The summed E-state index contributed by atoms with van der Waals surface area (Å²) in [4.78, 5) is 1.52. The van der Waals surface area contributed by atoms with Crippen molar-refractivity contribution >= 4 is 0 Å². The summed E-state index contributed by atoms with van der Waals surface area (Å²) in [5, 5.41) is 10.2. The molecule has 1 aliphatic heterocycles. The van der Waals surface area contributed by atoms with Crippen LogP contribution in [0, 0.1) is 0 Å². The molecule has 1 saturated heterocycles. The Morgan fingerprint density at radius 1 is 1.29 bits per heavy atom. The molecule has 1 aliphatic rings. The van der Waals surface area contributed by atoms with Crippen molar-refractivity contribution in [3.8, 4) is 5.75 Å². The van der Waals surface area contributed by atoms with E-state index in [0.717, 1.165) is 25.1 Å². The molecule has 1 fully saturated rings. The van der Waals surface area contributed by atoms with Crippen LogP contribution >= 0.6 is 0 Å². The van der Waals surface area contributed by atoms with Gasteiger partial charge in [-0.15, -0.1) is 0 Å². The van der Waals surface area contributed by atoms with Crippen LogP contribution in [0.15, 0.2) is 24.3 Å². The normalized spacial score (nSPS) is 23.8. The minimum atomic E-state index is -0.379. The van der Waals surface area contributed by atoms with Crippen molar-refractivity contribution < 1.29 is 14.7 Å². The van der Waals surface area contributed by atoms with Crippen molar-refractivity contribution in [3.05, 3.63) is 29.8 Å². The van der Waals surface area contributed by atoms with Crippen LogP contribution in [-0.2, 0) is 6.42 Å². The fourth-order valence-corrected chi connectivity index (χ4v) is 3.15. The highest BCUT2D eigenvalue weighted by molar-refractivity contribution is 5.27. The molecule has 3 nitrogen and oxygen atoms in total. The topological polar surface area (TPSA) is 33.9 Å². The van der Waals surface area contributed by atoms with E-state index in [0.29, 0.717) is 12.6 Å².